The predicted molar refractivity (Wildman–Crippen MR) is 105 cm³/mol. The Bertz CT molecular complexity index is 930. The van der Waals surface area contributed by atoms with E-state index >= 15 is 0 Å². The van der Waals surface area contributed by atoms with E-state index in [2.05, 4.69) is 56.1 Å². The first-order valence-corrected chi connectivity index (χ1v) is 9.58. The van der Waals surface area contributed by atoms with Gasteiger partial charge in [0.05, 0.1) is 19.8 Å². The number of benzene rings is 2. The molecule has 0 bridgehead atoms. The highest BCUT2D eigenvalue weighted by molar-refractivity contribution is 5.85. The standard InChI is InChI=1S/C20H24N6O2/c27-20(15-26-19(22-23-24-26)14-25-10-12-28-13-11-25)21-9-8-17-6-3-5-16-4-1-2-7-18(16)17/h1-7H,8-15H2,(H,21,27). The van der Waals surface area contributed by atoms with Crippen molar-refractivity contribution in [1.82, 2.24) is 30.4 Å². The lowest BCUT2D eigenvalue weighted by Crippen LogP contribution is -2.37. The lowest BCUT2D eigenvalue weighted by Gasteiger charge is -2.25. The van der Waals surface area contributed by atoms with E-state index in [0.717, 1.165) is 32.7 Å². The number of hydrogen-bond acceptors (Lipinski definition) is 6. The molecule has 1 aliphatic heterocycles. The zero-order valence-corrected chi connectivity index (χ0v) is 15.8. The molecular weight excluding hydrogens is 356 g/mol. The Morgan fingerprint density at radius 2 is 1.93 bits per heavy atom. The Morgan fingerprint density at radius 1 is 1.11 bits per heavy atom. The number of carbonyl (C=O) groups is 1. The molecule has 0 aliphatic carbocycles. The van der Waals surface area contributed by atoms with Crippen molar-refractivity contribution in [2.24, 2.45) is 0 Å². The quantitative estimate of drug-likeness (QED) is 0.659. The van der Waals surface area contributed by atoms with Crippen molar-refractivity contribution in [1.29, 1.82) is 0 Å². The molecule has 4 rings (SSSR count). The molecule has 3 aromatic rings. The number of amides is 1. The highest BCUT2D eigenvalue weighted by Crippen LogP contribution is 2.18. The minimum Gasteiger partial charge on any atom is -0.379 e. The van der Waals surface area contributed by atoms with E-state index in [0.29, 0.717) is 18.9 Å². The van der Waals surface area contributed by atoms with Crippen molar-refractivity contribution in [2.75, 3.05) is 32.8 Å². The molecule has 28 heavy (non-hydrogen) atoms. The summed E-state index contributed by atoms with van der Waals surface area (Å²) in [5, 5.41) is 17.2. The highest BCUT2D eigenvalue weighted by atomic mass is 16.5. The number of ether oxygens (including phenoxy) is 1. The Hall–Kier alpha value is -2.84. The molecular formula is C20H24N6O2. The average Bonchev–Trinajstić information content (AvgIpc) is 3.15. The number of carbonyl (C=O) groups excluding carboxylic acids is 1. The molecule has 8 nitrogen and oxygen atoms in total. The summed E-state index contributed by atoms with van der Waals surface area (Å²) in [5.74, 6) is 0.613. The van der Waals surface area contributed by atoms with Crippen LogP contribution in [0.1, 0.15) is 11.4 Å². The van der Waals surface area contributed by atoms with Gasteiger partial charge in [-0.1, -0.05) is 42.5 Å². The summed E-state index contributed by atoms with van der Waals surface area (Å²) in [4.78, 5) is 14.6. The second kappa shape index (κ2) is 8.90. The Kier molecular flexibility index (Phi) is 5.89. The predicted octanol–water partition coefficient (Wildman–Crippen LogP) is 1.02. The summed E-state index contributed by atoms with van der Waals surface area (Å²) in [6.45, 7) is 4.47. The third-order valence-electron chi connectivity index (χ3n) is 4.96. The number of morpholine rings is 1. The first kappa shape index (κ1) is 18.5. The van der Waals surface area contributed by atoms with Gasteiger partial charge in [0.25, 0.3) is 0 Å². The molecule has 1 aromatic heterocycles. The third-order valence-corrected chi connectivity index (χ3v) is 4.96. The van der Waals surface area contributed by atoms with E-state index in [1.807, 2.05) is 12.1 Å². The Labute approximate surface area is 163 Å². The van der Waals surface area contributed by atoms with Crippen LogP contribution in [0.5, 0.6) is 0 Å². The molecule has 1 fully saturated rings. The van der Waals surface area contributed by atoms with Gasteiger partial charge in [-0.25, -0.2) is 4.68 Å². The lowest BCUT2D eigenvalue weighted by molar-refractivity contribution is -0.121. The van der Waals surface area contributed by atoms with Crippen LogP contribution >= 0.6 is 0 Å². The maximum atomic E-state index is 12.3. The van der Waals surface area contributed by atoms with Gasteiger partial charge in [0.2, 0.25) is 5.91 Å². The van der Waals surface area contributed by atoms with Crippen molar-refractivity contribution in [3.8, 4) is 0 Å². The fourth-order valence-electron chi connectivity index (χ4n) is 3.46. The van der Waals surface area contributed by atoms with Gasteiger partial charge in [-0.2, -0.15) is 0 Å². The van der Waals surface area contributed by atoms with Crippen LogP contribution < -0.4 is 5.32 Å². The van der Waals surface area contributed by atoms with Gasteiger partial charge >= 0.3 is 0 Å². The maximum Gasteiger partial charge on any atom is 0.241 e. The van der Waals surface area contributed by atoms with E-state index in [9.17, 15) is 4.79 Å². The minimum atomic E-state index is -0.0873. The highest BCUT2D eigenvalue weighted by Gasteiger charge is 2.16. The topological polar surface area (TPSA) is 85.2 Å². The Balaban J connectivity index is 1.30. The van der Waals surface area contributed by atoms with Gasteiger partial charge in [-0.05, 0) is 33.2 Å². The van der Waals surface area contributed by atoms with Gasteiger partial charge in [-0.3, -0.25) is 9.69 Å². The van der Waals surface area contributed by atoms with Gasteiger partial charge in [0.15, 0.2) is 5.82 Å². The number of nitrogens with zero attached hydrogens (tertiary/aromatic N) is 5. The van der Waals surface area contributed by atoms with Crippen molar-refractivity contribution >= 4 is 16.7 Å². The number of rotatable bonds is 7. The van der Waals surface area contributed by atoms with Crippen molar-refractivity contribution in [2.45, 2.75) is 19.5 Å². The summed E-state index contributed by atoms with van der Waals surface area (Å²) in [5.41, 5.74) is 1.23. The maximum absolute atomic E-state index is 12.3. The number of nitrogens with one attached hydrogen (secondary N) is 1. The van der Waals surface area contributed by atoms with Crippen molar-refractivity contribution in [3.63, 3.8) is 0 Å². The average molecular weight is 380 g/mol. The number of aromatic nitrogens is 4. The molecule has 2 heterocycles. The van der Waals surface area contributed by atoms with Crippen LogP contribution in [-0.2, 0) is 29.0 Å². The summed E-state index contributed by atoms with van der Waals surface area (Å²) in [6, 6.07) is 14.6. The SMILES string of the molecule is O=C(Cn1nnnc1CN1CCOCC1)NCCc1cccc2ccccc12. The fourth-order valence-corrected chi connectivity index (χ4v) is 3.46. The molecule has 0 radical (unpaired) electrons. The molecule has 2 aromatic carbocycles. The van der Waals surface area contributed by atoms with E-state index in [4.69, 9.17) is 4.74 Å². The molecule has 0 saturated carbocycles. The zero-order valence-electron chi connectivity index (χ0n) is 15.8. The minimum absolute atomic E-state index is 0.0873. The first-order chi connectivity index (χ1) is 13.8. The second-order valence-corrected chi connectivity index (χ2v) is 6.88. The molecule has 1 saturated heterocycles. The summed E-state index contributed by atoms with van der Waals surface area (Å²) >= 11 is 0. The third kappa shape index (κ3) is 4.52. The molecule has 0 atom stereocenters. The number of tetrazole rings is 1. The van der Waals surface area contributed by atoms with Crippen molar-refractivity contribution < 1.29 is 9.53 Å². The van der Waals surface area contributed by atoms with Gasteiger partial charge < -0.3 is 10.1 Å². The zero-order chi connectivity index (χ0) is 19.2. The summed E-state index contributed by atoms with van der Waals surface area (Å²) < 4.78 is 6.93. The van der Waals surface area contributed by atoms with E-state index < -0.39 is 0 Å². The lowest BCUT2D eigenvalue weighted by atomic mass is 10.0. The van der Waals surface area contributed by atoms with Gasteiger partial charge in [0, 0.05) is 19.6 Å². The van der Waals surface area contributed by atoms with Crippen LogP contribution in [0.3, 0.4) is 0 Å². The van der Waals surface area contributed by atoms with Crippen LogP contribution in [0.15, 0.2) is 42.5 Å². The van der Waals surface area contributed by atoms with Crippen LogP contribution in [0.4, 0.5) is 0 Å². The van der Waals surface area contributed by atoms with Crippen LogP contribution in [0.2, 0.25) is 0 Å². The van der Waals surface area contributed by atoms with Crippen LogP contribution in [0, 0.1) is 0 Å². The smallest absolute Gasteiger partial charge is 0.241 e. The molecule has 1 aliphatic rings. The second-order valence-electron chi connectivity index (χ2n) is 6.88. The van der Waals surface area contributed by atoms with Gasteiger partial charge in [0.1, 0.15) is 6.54 Å². The molecule has 1 N–H and O–H groups in total. The van der Waals surface area contributed by atoms with Gasteiger partial charge in [-0.15, -0.1) is 5.10 Å². The van der Waals surface area contributed by atoms with Crippen molar-refractivity contribution in [3.05, 3.63) is 53.9 Å². The molecule has 0 spiro atoms. The fraction of sp³-hybridized carbons (Fsp3) is 0.400. The molecule has 1 amide bonds. The van der Waals surface area contributed by atoms with E-state index in [1.54, 1.807) is 4.68 Å². The molecule has 8 heteroatoms. The summed E-state index contributed by atoms with van der Waals surface area (Å²) in [6.07, 6.45) is 0.781. The van der Waals surface area contributed by atoms with E-state index in [-0.39, 0.29) is 12.5 Å². The number of fused-ring (bicyclic) bond motifs is 1. The number of hydrogen-bond donors (Lipinski definition) is 1. The normalized spacial score (nSPS) is 15.0. The largest absolute Gasteiger partial charge is 0.379 e. The summed E-state index contributed by atoms with van der Waals surface area (Å²) in [7, 11) is 0. The molecule has 146 valence electrons. The van der Waals surface area contributed by atoms with Crippen LogP contribution in [-0.4, -0.2) is 63.9 Å². The Morgan fingerprint density at radius 3 is 2.82 bits per heavy atom. The molecule has 0 unspecified atom stereocenters. The van der Waals surface area contributed by atoms with E-state index in [1.165, 1.54) is 16.3 Å². The van der Waals surface area contributed by atoms with Crippen LogP contribution in [0.25, 0.3) is 10.8 Å². The first-order valence-electron chi connectivity index (χ1n) is 9.58. The monoisotopic (exact) mass is 380 g/mol.